The topological polar surface area (TPSA) is 28.2 Å². The number of aryl methyl sites for hydroxylation is 1. The third-order valence-corrected chi connectivity index (χ3v) is 2.91. The van der Waals surface area contributed by atoms with E-state index in [1.807, 2.05) is 12.4 Å². The quantitative estimate of drug-likeness (QED) is 0.812. The second kappa shape index (κ2) is 4.62. The van der Waals surface area contributed by atoms with Crippen molar-refractivity contribution in [1.82, 2.24) is 10.3 Å². The van der Waals surface area contributed by atoms with Crippen LogP contribution in [0.1, 0.15) is 18.9 Å². The average Bonchev–Trinajstić information content (AvgIpc) is 2.67. The lowest BCUT2D eigenvalue weighted by Gasteiger charge is -2.18. The van der Waals surface area contributed by atoms with Crippen molar-refractivity contribution in [1.29, 1.82) is 0 Å². The van der Waals surface area contributed by atoms with Crippen molar-refractivity contribution in [2.45, 2.75) is 26.3 Å². The maximum Gasteiger partial charge on any atom is 0.0555 e. The number of hydrogen-bond acceptors (Lipinski definition) is 3. The number of hydrogen-bond donors (Lipinski definition) is 1. The lowest BCUT2D eigenvalue weighted by atomic mass is 10.2. The molecular formula is C12H19N3. The van der Waals surface area contributed by atoms with Gasteiger partial charge >= 0.3 is 0 Å². The summed E-state index contributed by atoms with van der Waals surface area (Å²) in [4.78, 5) is 6.65. The molecule has 0 bridgehead atoms. The Morgan fingerprint density at radius 2 is 2.40 bits per heavy atom. The lowest BCUT2D eigenvalue weighted by molar-refractivity contribution is 0.572. The molecule has 0 aliphatic carbocycles. The van der Waals surface area contributed by atoms with Crippen LogP contribution in [-0.2, 0) is 0 Å². The largest absolute Gasteiger partial charge is 0.369 e. The van der Waals surface area contributed by atoms with Crippen molar-refractivity contribution in [2.24, 2.45) is 0 Å². The van der Waals surface area contributed by atoms with Crippen LogP contribution in [0, 0.1) is 6.92 Å². The summed E-state index contributed by atoms with van der Waals surface area (Å²) in [6.45, 7) is 7.57. The third kappa shape index (κ3) is 2.48. The van der Waals surface area contributed by atoms with Gasteiger partial charge in [-0.15, -0.1) is 0 Å². The first-order chi connectivity index (χ1) is 7.29. The van der Waals surface area contributed by atoms with Crippen LogP contribution in [0.25, 0.3) is 0 Å². The molecule has 1 aromatic heterocycles. The highest BCUT2D eigenvalue weighted by atomic mass is 15.2. The van der Waals surface area contributed by atoms with Gasteiger partial charge in [-0.3, -0.25) is 4.98 Å². The Bertz CT molecular complexity index is 324. The van der Waals surface area contributed by atoms with Crippen molar-refractivity contribution in [2.75, 3.05) is 24.5 Å². The van der Waals surface area contributed by atoms with Crippen molar-refractivity contribution in [3.63, 3.8) is 0 Å². The number of anilines is 1. The summed E-state index contributed by atoms with van der Waals surface area (Å²) < 4.78 is 0. The van der Waals surface area contributed by atoms with E-state index in [-0.39, 0.29) is 0 Å². The smallest absolute Gasteiger partial charge is 0.0555 e. The van der Waals surface area contributed by atoms with Crippen molar-refractivity contribution < 1.29 is 0 Å². The highest BCUT2D eigenvalue weighted by molar-refractivity contribution is 5.47. The third-order valence-electron chi connectivity index (χ3n) is 2.91. The molecule has 1 aromatic rings. The molecule has 1 atom stereocenters. The summed E-state index contributed by atoms with van der Waals surface area (Å²) in [6.07, 6.45) is 5.10. The average molecular weight is 205 g/mol. The van der Waals surface area contributed by atoms with Gasteiger partial charge in [0.2, 0.25) is 0 Å². The number of aromatic nitrogens is 1. The zero-order valence-corrected chi connectivity index (χ0v) is 9.53. The van der Waals surface area contributed by atoms with E-state index < -0.39 is 0 Å². The summed E-state index contributed by atoms with van der Waals surface area (Å²) >= 11 is 0. The van der Waals surface area contributed by atoms with Crippen molar-refractivity contribution in [3.05, 3.63) is 24.0 Å². The van der Waals surface area contributed by atoms with Crippen LogP contribution in [0.4, 0.5) is 5.69 Å². The Labute approximate surface area is 91.5 Å². The normalized spacial score (nSPS) is 20.9. The zero-order valence-electron chi connectivity index (χ0n) is 9.53. The molecule has 0 radical (unpaired) electrons. The Morgan fingerprint density at radius 1 is 1.53 bits per heavy atom. The Hall–Kier alpha value is -1.09. The summed E-state index contributed by atoms with van der Waals surface area (Å²) in [5, 5.41) is 3.50. The van der Waals surface area contributed by atoms with E-state index in [1.165, 1.54) is 17.7 Å². The molecular weight excluding hydrogens is 186 g/mol. The van der Waals surface area contributed by atoms with Gasteiger partial charge in [-0.25, -0.2) is 0 Å². The van der Waals surface area contributed by atoms with Gasteiger partial charge in [0.05, 0.1) is 11.9 Å². The highest BCUT2D eigenvalue weighted by Gasteiger charge is 2.21. The lowest BCUT2D eigenvalue weighted by Crippen LogP contribution is -2.32. The van der Waals surface area contributed by atoms with Gasteiger partial charge in [0.25, 0.3) is 0 Å². The van der Waals surface area contributed by atoms with E-state index in [0.717, 1.165) is 19.6 Å². The number of likely N-dealkylation sites (N-methyl/N-ethyl adjacent to an activating group) is 1. The summed E-state index contributed by atoms with van der Waals surface area (Å²) in [6, 6.07) is 2.86. The minimum Gasteiger partial charge on any atom is -0.369 e. The number of nitrogens with zero attached hydrogens (tertiary/aromatic N) is 2. The monoisotopic (exact) mass is 205 g/mol. The van der Waals surface area contributed by atoms with E-state index in [9.17, 15) is 0 Å². The maximum absolute atomic E-state index is 4.24. The minimum atomic E-state index is 0.649. The molecule has 82 valence electrons. The fraction of sp³-hybridized carbons (Fsp3) is 0.583. The molecule has 1 N–H and O–H groups in total. The van der Waals surface area contributed by atoms with E-state index >= 15 is 0 Å². The van der Waals surface area contributed by atoms with Gasteiger partial charge in [0.1, 0.15) is 0 Å². The second-order valence-corrected chi connectivity index (χ2v) is 4.21. The van der Waals surface area contributed by atoms with Crippen LogP contribution < -0.4 is 10.2 Å². The molecule has 0 saturated carbocycles. The molecule has 1 aliphatic heterocycles. The summed E-state index contributed by atoms with van der Waals surface area (Å²) in [5.41, 5.74) is 2.50. The first-order valence-electron chi connectivity index (χ1n) is 5.69. The van der Waals surface area contributed by atoms with E-state index in [1.54, 1.807) is 0 Å². The maximum atomic E-state index is 4.24. The van der Waals surface area contributed by atoms with Crippen molar-refractivity contribution in [3.8, 4) is 0 Å². The van der Waals surface area contributed by atoms with Gasteiger partial charge in [-0.05, 0) is 31.5 Å². The van der Waals surface area contributed by atoms with E-state index in [0.29, 0.717) is 6.04 Å². The molecule has 1 aliphatic rings. The van der Waals surface area contributed by atoms with Gasteiger partial charge in [-0.1, -0.05) is 6.92 Å². The molecule has 3 nitrogen and oxygen atoms in total. The first kappa shape index (κ1) is 10.4. The Morgan fingerprint density at radius 3 is 3.13 bits per heavy atom. The molecule has 0 amide bonds. The molecule has 0 aromatic carbocycles. The Balaban J connectivity index is 2.01. The fourth-order valence-corrected chi connectivity index (χ4v) is 2.16. The molecule has 1 saturated heterocycles. The van der Waals surface area contributed by atoms with Gasteiger partial charge in [0, 0.05) is 25.3 Å². The first-order valence-corrected chi connectivity index (χ1v) is 5.69. The van der Waals surface area contributed by atoms with Gasteiger partial charge in [0.15, 0.2) is 0 Å². The number of nitrogens with one attached hydrogen (secondary N) is 1. The molecule has 1 unspecified atom stereocenters. The second-order valence-electron chi connectivity index (χ2n) is 4.21. The Kier molecular flexibility index (Phi) is 3.21. The molecule has 1 fully saturated rings. The minimum absolute atomic E-state index is 0.649. The highest BCUT2D eigenvalue weighted by Crippen LogP contribution is 2.19. The SMILES string of the molecule is CCNC1CCN(c2cncc(C)c2)C1. The van der Waals surface area contributed by atoms with Crippen LogP contribution in [-0.4, -0.2) is 30.7 Å². The molecule has 0 spiro atoms. The van der Waals surface area contributed by atoms with E-state index in [2.05, 4.69) is 35.1 Å². The fourth-order valence-electron chi connectivity index (χ4n) is 2.16. The van der Waals surface area contributed by atoms with Crippen molar-refractivity contribution >= 4 is 5.69 Å². The summed E-state index contributed by atoms with van der Waals surface area (Å²) in [5.74, 6) is 0. The number of rotatable bonds is 3. The predicted octanol–water partition coefficient (Wildman–Crippen LogP) is 1.58. The summed E-state index contributed by atoms with van der Waals surface area (Å²) in [7, 11) is 0. The van der Waals surface area contributed by atoms with Gasteiger partial charge < -0.3 is 10.2 Å². The van der Waals surface area contributed by atoms with Gasteiger partial charge in [-0.2, -0.15) is 0 Å². The molecule has 3 heteroatoms. The van der Waals surface area contributed by atoms with Crippen LogP contribution in [0.2, 0.25) is 0 Å². The predicted molar refractivity (Wildman–Crippen MR) is 63.3 cm³/mol. The molecule has 2 rings (SSSR count). The molecule has 15 heavy (non-hydrogen) atoms. The van der Waals surface area contributed by atoms with Crippen LogP contribution >= 0.6 is 0 Å². The van der Waals surface area contributed by atoms with E-state index in [4.69, 9.17) is 0 Å². The standard InChI is InChI=1S/C12H19N3/c1-3-14-11-4-5-15(9-11)12-6-10(2)7-13-8-12/h6-8,11,14H,3-5,9H2,1-2H3. The van der Waals surface area contributed by atoms with Crippen LogP contribution in [0.15, 0.2) is 18.5 Å². The molecule has 2 heterocycles. The number of pyridine rings is 1. The van der Waals surface area contributed by atoms with Crippen LogP contribution in [0.5, 0.6) is 0 Å². The zero-order chi connectivity index (χ0) is 10.7. The van der Waals surface area contributed by atoms with Crippen LogP contribution in [0.3, 0.4) is 0 Å².